The number of hydrogen-bond donors (Lipinski definition) is 1. The molecule has 0 unspecified atom stereocenters. The summed E-state index contributed by atoms with van der Waals surface area (Å²) >= 11 is 0. The van der Waals surface area contributed by atoms with Crippen LogP contribution >= 0.6 is 0 Å². The summed E-state index contributed by atoms with van der Waals surface area (Å²) in [5, 5.41) is 0. The molecule has 1 N–H and O–H groups in total. The van der Waals surface area contributed by atoms with E-state index in [-0.39, 0.29) is 12.0 Å². The van der Waals surface area contributed by atoms with Crippen LogP contribution in [0.25, 0.3) is 0 Å². The molecule has 0 aromatic carbocycles. The van der Waals surface area contributed by atoms with Crippen LogP contribution in [0.4, 0.5) is 0 Å². The quantitative estimate of drug-likeness (QED) is 0.836. The molecule has 2 aromatic rings. The normalized spacial score (nSPS) is 10.7. The second kappa shape index (κ2) is 6.15. The number of rotatable bonds is 5. The smallest absolute Gasteiger partial charge is 0.276 e. The molecule has 0 bridgehead atoms. The van der Waals surface area contributed by atoms with Crippen LogP contribution in [0.1, 0.15) is 29.8 Å². The lowest BCUT2D eigenvalue weighted by molar-refractivity contribution is 0.000189. The first-order valence-electron chi connectivity index (χ1n) is 6.16. The number of carbonyl (C=O) groups is 1. The number of pyridine rings is 1. The summed E-state index contributed by atoms with van der Waals surface area (Å²) < 4.78 is 1.94. The summed E-state index contributed by atoms with van der Waals surface area (Å²) in [5.41, 5.74) is 4.13. The van der Waals surface area contributed by atoms with E-state index in [9.17, 15) is 4.79 Å². The Morgan fingerprint density at radius 3 is 2.79 bits per heavy atom. The zero-order chi connectivity index (χ0) is 13.7. The molecule has 2 rings (SSSR count). The lowest BCUT2D eigenvalue weighted by Crippen LogP contribution is -2.26. The molecular formula is C14H17N3O2. The largest absolute Gasteiger partial charge is 0.349 e. The third kappa shape index (κ3) is 3.93. The molecule has 19 heavy (non-hydrogen) atoms. The summed E-state index contributed by atoms with van der Waals surface area (Å²) in [7, 11) is 0. The number of nitrogens with zero attached hydrogens (tertiary/aromatic N) is 2. The number of hydrogen-bond acceptors (Lipinski definition) is 3. The zero-order valence-corrected chi connectivity index (χ0v) is 11.0. The number of carbonyl (C=O) groups excluding carboxylic acids is 1. The minimum absolute atomic E-state index is 0.0390. The third-order valence-electron chi connectivity index (χ3n) is 2.51. The van der Waals surface area contributed by atoms with Crippen molar-refractivity contribution in [2.45, 2.75) is 26.5 Å². The number of amides is 1. The van der Waals surface area contributed by atoms with E-state index in [2.05, 4.69) is 10.5 Å². The molecule has 1 amide bonds. The maximum atomic E-state index is 11.8. The van der Waals surface area contributed by atoms with Crippen molar-refractivity contribution in [2.24, 2.45) is 0 Å². The maximum absolute atomic E-state index is 11.8. The molecule has 0 saturated heterocycles. The van der Waals surface area contributed by atoms with Crippen LogP contribution in [0.3, 0.4) is 0 Å². The first-order valence-corrected chi connectivity index (χ1v) is 6.16. The van der Waals surface area contributed by atoms with Crippen LogP contribution < -0.4 is 5.48 Å². The second-order valence-electron chi connectivity index (χ2n) is 4.53. The molecule has 0 aliphatic carbocycles. The van der Waals surface area contributed by atoms with E-state index in [1.165, 1.54) is 0 Å². The lowest BCUT2D eigenvalue weighted by atomic mass is 10.3. The van der Waals surface area contributed by atoms with Gasteiger partial charge in [0.05, 0.1) is 11.7 Å². The Kier molecular flexibility index (Phi) is 4.30. The summed E-state index contributed by atoms with van der Waals surface area (Å²) in [6.07, 6.45) is 7.12. The molecule has 0 fully saturated rings. The van der Waals surface area contributed by atoms with E-state index in [1.807, 2.05) is 36.7 Å². The van der Waals surface area contributed by atoms with Crippen molar-refractivity contribution < 1.29 is 9.63 Å². The summed E-state index contributed by atoms with van der Waals surface area (Å²) in [6.45, 7) is 4.42. The fourth-order valence-electron chi connectivity index (χ4n) is 1.60. The average Bonchev–Trinajstić information content (AvgIpc) is 2.85. The van der Waals surface area contributed by atoms with Gasteiger partial charge in [-0.25, -0.2) is 5.48 Å². The molecule has 0 aliphatic rings. The van der Waals surface area contributed by atoms with E-state index in [4.69, 9.17) is 4.84 Å². The molecule has 100 valence electrons. The topological polar surface area (TPSA) is 56.1 Å². The summed E-state index contributed by atoms with van der Waals surface area (Å²) in [4.78, 5) is 20.8. The fraction of sp³-hybridized carbons (Fsp3) is 0.286. The Labute approximate surface area is 112 Å². The van der Waals surface area contributed by atoms with Crippen LogP contribution in [0.5, 0.6) is 0 Å². The second-order valence-corrected chi connectivity index (χ2v) is 4.53. The van der Waals surface area contributed by atoms with Gasteiger partial charge in [-0.05, 0) is 37.6 Å². The van der Waals surface area contributed by atoms with Gasteiger partial charge in [0.1, 0.15) is 0 Å². The Bertz CT molecular complexity index is 535. The van der Waals surface area contributed by atoms with E-state index >= 15 is 0 Å². The molecule has 0 spiro atoms. The van der Waals surface area contributed by atoms with Crippen molar-refractivity contribution in [3.63, 3.8) is 0 Å². The van der Waals surface area contributed by atoms with E-state index in [1.54, 1.807) is 24.7 Å². The van der Waals surface area contributed by atoms with Gasteiger partial charge >= 0.3 is 0 Å². The van der Waals surface area contributed by atoms with Crippen molar-refractivity contribution in [2.75, 3.05) is 0 Å². The minimum Gasteiger partial charge on any atom is -0.349 e. The van der Waals surface area contributed by atoms with Crippen molar-refractivity contribution in [1.29, 1.82) is 0 Å². The molecule has 0 aliphatic heterocycles. The van der Waals surface area contributed by atoms with Gasteiger partial charge in [0.15, 0.2) is 0 Å². The Morgan fingerprint density at radius 2 is 2.11 bits per heavy atom. The van der Waals surface area contributed by atoms with Gasteiger partial charge < -0.3 is 4.57 Å². The summed E-state index contributed by atoms with van der Waals surface area (Å²) in [6, 6.07) is 5.66. The SMILES string of the molecule is CC(C)ONC(=O)c1ccn(Cc2ccncc2)c1. The maximum Gasteiger partial charge on any atom is 0.276 e. The van der Waals surface area contributed by atoms with Gasteiger partial charge in [-0.1, -0.05) is 0 Å². The highest BCUT2D eigenvalue weighted by molar-refractivity contribution is 5.93. The lowest BCUT2D eigenvalue weighted by Gasteiger charge is -2.07. The molecule has 0 radical (unpaired) electrons. The molecule has 5 heteroatoms. The van der Waals surface area contributed by atoms with Gasteiger partial charge in [0.25, 0.3) is 5.91 Å². The zero-order valence-electron chi connectivity index (χ0n) is 11.0. The highest BCUT2D eigenvalue weighted by Crippen LogP contribution is 2.06. The van der Waals surface area contributed by atoms with Crippen molar-refractivity contribution >= 4 is 5.91 Å². The Balaban J connectivity index is 1.97. The molecule has 0 saturated carbocycles. The molecular weight excluding hydrogens is 242 g/mol. The predicted molar refractivity (Wildman–Crippen MR) is 71.5 cm³/mol. The number of aromatic nitrogens is 2. The molecule has 5 nitrogen and oxygen atoms in total. The Hall–Kier alpha value is -2.14. The van der Waals surface area contributed by atoms with Crippen molar-refractivity contribution in [3.05, 3.63) is 54.1 Å². The van der Waals surface area contributed by atoms with Crippen LogP contribution in [-0.4, -0.2) is 21.6 Å². The van der Waals surface area contributed by atoms with Gasteiger partial charge in [0.2, 0.25) is 0 Å². The van der Waals surface area contributed by atoms with Crippen LogP contribution in [0.2, 0.25) is 0 Å². The van der Waals surface area contributed by atoms with Gasteiger partial charge in [-0.3, -0.25) is 14.6 Å². The summed E-state index contributed by atoms with van der Waals surface area (Å²) in [5.74, 6) is -0.234. The number of nitrogens with one attached hydrogen (secondary N) is 1. The van der Waals surface area contributed by atoms with Crippen LogP contribution in [0.15, 0.2) is 43.0 Å². The van der Waals surface area contributed by atoms with E-state index in [0.29, 0.717) is 12.1 Å². The Morgan fingerprint density at radius 1 is 1.37 bits per heavy atom. The molecule has 0 atom stereocenters. The third-order valence-corrected chi connectivity index (χ3v) is 2.51. The standard InChI is InChI=1S/C14H17N3O2/c1-11(2)19-16-14(18)13-5-8-17(10-13)9-12-3-6-15-7-4-12/h3-8,10-11H,9H2,1-2H3,(H,16,18). The predicted octanol–water partition coefficient (Wildman–Crippen LogP) is 2.00. The van der Waals surface area contributed by atoms with Gasteiger partial charge in [-0.15, -0.1) is 0 Å². The molecule has 2 aromatic heterocycles. The first-order chi connectivity index (χ1) is 9.15. The van der Waals surface area contributed by atoms with E-state index < -0.39 is 0 Å². The van der Waals surface area contributed by atoms with Gasteiger partial charge in [0, 0.05) is 31.3 Å². The fourth-order valence-corrected chi connectivity index (χ4v) is 1.60. The monoisotopic (exact) mass is 259 g/mol. The average molecular weight is 259 g/mol. The van der Waals surface area contributed by atoms with Crippen molar-refractivity contribution in [3.8, 4) is 0 Å². The van der Waals surface area contributed by atoms with Crippen LogP contribution in [0, 0.1) is 0 Å². The minimum atomic E-state index is -0.234. The van der Waals surface area contributed by atoms with Gasteiger partial charge in [-0.2, -0.15) is 0 Å². The van der Waals surface area contributed by atoms with Crippen molar-refractivity contribution in [1.82, 2.24) is 15.0 Å². The highest BCUT2D eigenvalue weighted by Gasteiger charge is 2.08. The first kappa shape index (κ1) is 13.3. The molecule has 2 heterocycles. The van der Waals surface area contributed by atoms with E-state index in [0.717, 1.165) is 5.56 Å². The number of hydroxylamine groups is 1. The van der Waals surface area contributed by atoms with Crippen LogP contribution in [-0.2, 0) is 11.4 Å². The highest BCUT2D eigenvalue weighted by atomic mass is 16.7.